The number of nitrogens with zero attached hydrogens (tertiary/aromatic N) is 1. The number of hydrogen-bond donors (Lipinski definition) is 1. The normalized spacial score (nSPS) is 20.5. The third-order valence-corrected chi connectivity index (χ3v) is 6.71. The van der Waals surface area contributed by atoms with E-state index in [1.807, 2.05) is 12.1 Å². The van der Waals surface area contributed by atoms with Gasteiger partial charge in [-0.2, -0.15) is 0 Å². The van der Waals surface area contributed by atoms with Crippen molar-refractivity contribution in [1.29, 1.82) is 0 Å². The molecule has 3 aromatic carbocycles. The summed E-state index contributed by atoms with van der Waals surface area (Å²) in [5, 5.41) is 9.94. The van der Waals surface area contributed by atoms with Gasteiger partial charge in [0.1, 0.15) is 17.2 Å². The van der Waals surface area contributed by atoms with E-state index in [0.717, 1.165) is 36.6 Å². The largest absolute Gasteiger partial charge is 0.508 e. The third kappa shape index (κ3) is 4.61. The fourth-order valence-corrected chi connectivity index (χ4v) is 5.05. The molecule has 0 unspecified atom stereocenters. The van der Waals surface area contributed by atoms with Crippen molar-refractivity contribution in [2.75, 3.05) is 32.8 Å². The van der Waals surface area contributed by atoms with Crippen LogP contribution in [-0.2, 0) is 0 Å². The first-order valence-electron chi connectivity index (χ1n) is 11.7. The molecule has 2 heterocycles. The predicted molar refractivity (Wildman–Crippen MR) is 127 cm³/mol. The fraction of sp³-hybridized carbons (Fsp3) is 0.357. The van der Waals surface area contributed by atoms with E-state index in [4.69, 9.17) is 9.47 Å². The molecule has 0 spiro atoms. The standard InChI is InChI=1S/C28H31NO3/c30-23-11-14-25-27(19-23)32-20-26(21-7-2-1-3-8-21)28(25)22-9-12-24(13-10-22)31-18-6-17-29-15-4-5-16-29/h1-3,7-14,19,26,28,30H,4-6,15-18,20H2/t26-,28+/m1/s1. The molecule has 4 nitrogen and oxygen atoms in total. The Morgan fingerprint density at radius 2 is 1.69 bits per heavy atom. The van der Waals surface area contributed by atoms with Crippen LogP contribution in [0.4, 0.5) is 0 Å². The molecule has 2 aliphatic heterocycles. The van der Waals surface area contributed by atoms with Crippen LogP contribution in [0.2, 0.25) is 0 Å². The van der Waals surface area contributed by atoms with Crippen LogP contribution in [0.3, 0.4) is 0 Å². The number of phenolic OH excluding ortho intramolecular Hbond substituents is 1. The molecule has 0 amide bonds. The molecule has 32 heavy (non-hydrogen) atoms. The zero-order valence-electron chi connectivity index (χ0n) is 18.5. The van der Waals surface area contributed by atoms with E-state index in [2.05, 4.69) is 53.4 Å². The second-order valence-electron chi connectivity index (χ2n) is 8.85. The van der Waals surface area contributed by atoms with Gasteiger partial charge in [-0.1, -0.05) is 48.5 Å². The minimum atomic E-state index is 0.158. The monoisotopic (exact) mass is 429 g/mol. The van der Waals surface area contributed by atoms with Gasteiger partial charge < -0.3 is 19.5 Å². The molecular formula is C28H31NO3. The van der Waals surface area contributed by atoms with Gasteiger partial charge in [0.15, 0.2) is 0 Å². The molecule has 0 saturated carbocycles. The first kappa shape index (κ1) is 20.9. The fourth-order valence-electron chi connectivity index (χ4n) is 5.05. The van der Waals surface area contributed by atoms with E-state index in [-0.39, 0.29) is 17.6 Å². The van der Waals surface area contributed by atoms with Gasteiger partial charge in [-0.05, 0) is 61.7 Å². The summed E-state index contributed by atoms with van der Waals surface area (Å²) in [5.41, 5.74) is 3.61. The lowest BCUT2D eigenvalue weighted by atomic mass is 9.76. The zero-order chi connectivity index (χ0) is 21.8. The van der Waals surface area contributed by atoms with Crippen molar-refractivity contribution in [3.05, 3.63) is 89.5 Å². The number of ether oxygens (including phenoxy) is 2. The van der Waals surface area contributed by atoms with Gasteiger partial charge in [0, 0.05) is 30.0 Å². The molecule has 0 bridgehead atoms. The van der Waals surface area contributed by atoms with Crippen LogP contribution < -0.4 is 9.47 Å². The number of likely N-dealkylation sites (tertiary alicyclic amines) is 1. The molecule has 4 heteroatoms. The highest BCUT2D eigenvalue weighted by Gasteiger charge is 2.33. The average molecular weight is 430 g/mol. The first-order valence-corrected chi connectivity index (χ1v) is 11.7. The summed E-state index contributed by atoms with van der Waals surface area (Å²) < 4.78 is 12.1. The molecule has 0 aliphatic carbocycles. The Labute approximate surface area is 190 Å². The predicted octanol–water partition coefficient (Wildman–Crippen LogP) is 5.57. The molecule has 0 radical (unpaired) electrons. The van der Waals surface area contributed by atoms with E-state index in [1.165, 1.54) is 37.1 Å². The van der Waals surface area contributed by atoms with E-state index in [0.29, 0.717) is 6.61 Å². The molecule has 2 atom stereocenters. The van der Waals surface area contributed by atoms with Gasteiger partial charge in [-0.15, -0.1) is 0 Å². The Morgan fingerprint density at radius 3 is 2.47 bits per heavy atom. The lowest BCUT2D eigenvalue weighted by Gasteiger charge is -2.34. The number of rotatable bonds is 7. The summed E-state index contributed by atoms with van der Waals surface area (Å²) in [4.78, 5) is 2.52. The van der Waals surface area contributed by atoms with Crippen molar-refractivity contribution >= 4 is 0 Å². The van der Waals surface area contributed by atoms with Crippen molar-refractivity contribution in [3.63, 3.8) is 0 Å². The highest BCUT2D eigenvalue weighted by atomic mass is 16.5. The summed E-state index contributed by atoms with van der Waals surface area (Å²) in [5.74, 6) is 2.29. The van der Waals surface area contributed by atoms with Crippen molar-refractivity contribution in [2.24, 2.45) is 0 Å². The van der Waals surface area contributed by atoms with Crippen molar-refractivity contribution in [1.82, 2.24) is 4.90 Å². The molecule has 1 N–H and O–H groups in total. The van der Waals surface area contributed by atoms with Gasteiger partial charge in [0.25, 0.3) is 0 Å². The Hall–Kier alpha value is -2.98. The Kier molecular flexibility index (Phi) is 6.31. The summed E-state index contributed by atoms with van der Waals surface area (Å²) in [6, 6.07) is 24.5. The number of hydrogen-bond acceptors (Lipinski definition) is 4. The first-order chi connectivity index (χ1) is 15.8. The van der Waals surface area contributed by atoms with E-state index < -0.39 is 0 Å². The summed E-state index contributed by atoms with van der Waals surface area (Å²) in [6.07, 6.45) is 3.73. The lowest BCUT2D eigenvalue weighted by molar-refractivity contribution is 0.247. The van der Waals surface area contributed by atoms with Gasteiger partial charge in [-0.3, -0.25) is 0 Å². The molecule has 0 aromatic heterocycles. The third-order valence-electron chi connectivity index (χ3n) is 6.71. The van der Waals surface area contributed by atoms with E-state index in [1.54, 1.807) is 12.1 Å². The van der Waals surface area contributed by atoms with Crippen LogP contribution in [0.1, 0.15) is 47.8 Å². The molecule has 5 rings (SSSR count). The van der Waals surface area contributed by atoms with Crippen molar-refractivity contribution < 1.29 is 14.6 Å². The molecule has 166 valence electrons. The Morgan fingerprint density at radius 1 is 0.906 bits per heavy atom. The molecule has 2 aliphatic rings. The number of aromatic hydroxyl groups is 1. The number of fused-ring (bicyclic) bond motifs is 1. The van der Waals surface area contributed by atoms with Crippen molar-refractivity contribution in [3.8, 4) is 17.2 Å². The van der Waals surface area contributed by atoms with E-state index >= 15 is 0 Å². The summed E-state index contributed by atoms with van der Waals surface area (Å²) >= 11 is 0. The van der Waals surface area contributed by atoms with Crippen LogP contribution in [-0.4, -0.2) is 42.9 Å². The maximum atomic E-state index is 9.94. The summed E-state index contributed by atoms with van der Waals surface area (Å²) in [7, 11) is 0. The maximum absolute atomic E-state index is 9.94. The quantitative estimate of drug-likeness (QED) is 0.499. The summed E-state index contributed by atoms with van der Waals surface area (Å²) in [6.45, 7) is 4.94. The SMILES string of the molecule is Oc1ccc2c(c1)OC[C@H](c1ccccc1)[C@H]2c1ccc(OCCCN2CCCC2)cc1. The van der Waals surface area contributed by atoms with Gasteiger partial charge >= 0.3 is 0 Å². The smallest absolute Gasteiger partial charge is 0.126 e. The molecular weight excluding hydrogens is 398 g/mol. The maximum Gasteiger partial charge on any atom is 0.126 e. The van der Waals surface area contributed by atoms with Gasteiger partial charge in [-0.25, -0.2) is 0 Å². The van der Waals surface area contributed by atoms with Crippen LogP contribution >= 0.6 is 0 Å². The second-order valence-corrected chi connectivity index (χ2v) is 8.85. The van der Waals surface area contributed by atoms with Gasteiger partial charge in [0.2, 0.25) is 0 Å². The van der Waals surface area contributed by atoms with Crippen molar-refractivity contribution in [2.45, 2.75) is 31.1 Å². The highest BCUT2D eigenvalue weighted by molar-refractivity contribution is 5.50. The minimum Gasteiger partial charge on any atom is -0.508 e. The topological polar surface area (TPSA) is 41.9 Å². The van der Waals surface area contributed by atoms with Gasteiger partial charge in [0.05, 0.1) is 13.2 Å². The van der Waals surface area contributed by atoms with Crippen LogP contribution in [0.15, 0.2) is 72.8 Å². The number of benzene rings is 3. The number of phenols is 1. The van der Waals surface area contributed by atoms with Crippen LogP contribution in [0, 0.1) is 0 Å². The van der Waals surface area contributed by atoms with Crippen LogP contribution in [0.5, 0.6) is 17.2 Å². The molecule has 1 saturated heterocycles. The highest BCUT2D eigenvalue weighted by Crippen LogP contribution is 2.47. The zero-order valence-corrected chi connectivity index (χ0v) is 18.5. The van der Waals surface area contributed by atoms with Crippen LogP contribution in [0.25, 0.3) is 0 Å². The Balaban J connectivity index is 1.33. The molecule has 1 fully saturated rings. The molecule has 3 aromatic rings. The lowest BCUT2D eigenvalue weighted by Crippen LogP contribution is -2.25. The average Bonchev–Trinajstić information content (AvgIpc) is 3.36. The minimum absolute atomic E-state index is 0.158. The van der Waals surface area contributed by atoms with E-state index in [9.17, 15) is 5.11 Å². The second kappa shape index (κ2) is 9.66. The Bertz CT molecular complexity index is 1010.